The van der Waals surface area contributed by atoms with Crippen molar-refractivity contribution in [3.63, 3.8) is 0 Å². The molecule has 0 fully saturated rings. The van der Waals surface area contributed by atoms with Crippen molar-refractivity contribution in [1.82, 2.24) is 0 Å². The third-order valence-electron chi connectivity index (χ3n) is 4.39. The predicted molar refractivity (Wildman–Crippen MR) is 96.1 cm³/mol. The molecular formula is C21H21N. The summed E-state index contributed by atoms with van der Waals surface area (Å²) in [6.07, 6.45) is 5.48. The molecule has 22 heavy (non-hydrogen) atoms. The fraction of sp³-hybridized carbons (Fsp3) is 0.143. The van der Waals surface area contributed by atoms with E-state index in [-0.39, 0.29) is 5.41 Å². The van der Waals surface area contributed by atoms with E-state index in [1.807, 2.05) is 6.08 Å². The maximum absolute atomic E-state index is 3.83. The van der Waals surface area contributed by atoms with E-state index in [0.29, 0.717) is 0 Å². The number of anilines is 1. The molecule has 0 bridgehead atoms. The van der Waals surface area contributed by atoms with E-state index < -0.39 is 0 Å². The Kier molecular flexibility index (Phi) is 3.50. The highest BCUT2D eigenvalue weighted by molar-refractivity contribution is 5.82. The largest absolute Gasteiger partial charge is 0.356 e. The Morgan fingerprint density at radius 2 is 1.73 bits per heavy atom. The van der Waals surface area contributed by atoms with Gasteiger partial charge in [-0.3, -0.25) is 0 Å². The number of fused-ring (bicyclic) bond motifs is 3. The van der Waals surface area contributed by atoms with E-state index in [4.69, 9.17) is 0 Å². The van der Waals surface area contributed by atoms with Crippen LogP contribution in [0.1, 0.15) is 25.0 Å². The first kappa shape index (κ1) is 14.4. The molecule has 0 saturated heterocycles. The fourth-order valence-electron chi connectivity index (χ4n) is 3.24. The van der Waals surface area contributed by atoms with Gasteiger partial charge in [-0.1, -0.05) is 63.4 Å². The molecule has 0 spiro atoms. The van der Waals surface area contributed by atoms with Crippen LogP contribution in [0.2, 0.25) is 0 Å². The van der Waals surface area contributed by atoms with Crippen molar-refractivity contribution in [3.05, 3.63) is 90.7 Å². The highest BCUT2D eigenvalue weighted by Gasteiger charge is 2.35. The molecule has 0 aliphatic heterocycles. The van der Waals surface area contributed by atoms with Crippen molar-refractivity contribution < 1.29 is 0 Å². The average Bonchev–Trinajstić information content (AvgIpc) is 2.76. The third kappa shape index (κ3) is 2.19. The van der Waals surface area contributed by atoms with E-state index in [1.54, 1.807) is 12.2 Å². The smallest absolute Gasteiger partial charge is 0.0387 e. The molecule has 1 aliphatic carbocycles. The number of benzene rings is 2. The third-order valence-corrected chi connectivity index (χ3v) is 4.39. The van der Waals surface area contributed by atoms with Gasteiger partial charge in [-0.05, 0) is 46.5 Å². The maximum atomic E-state index is 3.83. The lowest BCUT2D eigenvalue weighted by molar-refractivity contribution is 0.660. The van der Waals surface area contributed by atoms with Crippen LogP contribution in [0.3, 0.4) is 0 Å². The molecule has 0 aromatic heterocycles. The minimum Gasteiger partial charge on any atom is -0.356 e. The zero-order chi connectivity index (χ0) is 15.7. The van der Waals surface area contributed by atoms with Crippen LogP contribution in [-0.2, 0) is 5.41 Å². The standard InChI is InChI=1S/C21H21N/c1-5-9-15(6-2)22-16-12-13-18-17-10-7-8-11-19(17)21(3,4)20(18)14-16/h5-14,22H,1-2H2,3-4H3/b15-9+. The van der Waals surface area contributed by atoms with Crippen molar-refractivity contribution >= 4 is 5.69 Å². The van der Waals surface area contributed by atoms with E-state index in [2.05, 4.69) is 74.8 Å². The second-order valence-corrected chi connectivity index (χ2v) is 6.12. The summed E-state index contributed by atoms with van der Waals surface area (Å²) in [4.78, 5) is 0. The van der Waals surface area contributed by atoms with Gasteiger partial charge in [0.1, 0.15) is 0 Å². The molecule has 0 radical (unpaired) electrons. The summed E-state index contributed by atoms with van der Waals surface area (Å²) in [6.45, 7) is 12.1. The van der Waals surface area contributed by atoms with Gasteiger partial charge in [-0.25, -0.2) is 0 Å². The lowest BCUT2D eigenvalue weighted by atomic mass is 9.82. The topological polar surface area (TPSA) is 12.0 Å². The molecule has 2 aromatic rings. The molecule has 1 aliphatic rings. The van der Waals surface area contributed by atoms with Crippen LogP contribution >= 0.6 is 0 Å². The first-order valence-electron chi connectivity index (χ1n) is 7.54. The predicted octanol–water partition coefficient (Wildman–Crippen LogP) is 5.66. The van der Waals surface area contributed by atoms with Crippen molar-refractivity contribution in [1.29, 1.82) is 0 Å². The van der Waals surface area contributed by atoms with Crippen LogP contribution < -0.4 is 5.32 Å². The van der Waals surface area contributed by atoms with Gasteiger partial charge >= 0.3 is 0 Å². The summed E-state index contributed by atoms with van der Waals surface area (Å²) >= 11 is 0. The van der Waals surface area contributed by atoms with Gasteiger partial charge in [-0.15, -0.1) is 0 Å². The molecule has 2 aromatic carbocycles. The van der Waals surface area contributed by atoms with E-state index in [0.717, 1.165) is 11.4 Å². The molecule has 0 saturated carbocycles. The second-order valence-electron chi connectivity index (χ2n) is 6.12. The molecule has 0 atom stereocenters. The number of allylic oxidation sites excluding steroid dienone is 3. The Balaban J connectivity index is 2.06. The number of nitrogens with one attached hydrogen (secondary N) is 1. The number of hydrogen-bond acceptors (Lipinski definition) is 1. The summed E-state index contributed by atoms with van der Waals surface area (Å²) in [5.41, 5.74) is 7.49. The normalized spacial score (nSPS) is 14.9. The molecule has 3 rings (SSSR count). The van der Waals surface area contributed by atoms with E-state index in [1.165, 1.54) is 22.3 Å². The van der Waals surface area contributed by atoms with Crippen molar-refractivity contribution in [2.24, 2.45) is 0 Å². The summed E-state index contributed by atoms with van der Waals surface area (Å²) in [5, 5.41) is 3.40. The highest BCUT2D eigenvalue weighted by atomic mass is 14.9. The van der Waals surface area contributed by atoms with Crippen molar-refractivity contribution in [3.8, 4) is 11.1 Å². The Bertz CT molecular complexity index is 778. The number of hydrogen-bond donors (Lipinski definition) is 1. The minimum atomic E-state index is 0.0279. The Labute approximate surface area is 132 Å². The lowest BCUT2D eigenvalue weighted by Gasteiger charge is -2.22. The lowest BCUT2D eigenvalue weighted by Crippen LogP contribution is -2.15. The van der Waals surface area contributed by atoms with Gasteiger partial charge in [0.25, 0.3) is 0 Å². The highest BCUT2D eigenvalue weighted by Crippen LogP contribution is 2.49. The van der Waals surface area contributed by atoms with Crippen LogP contribution in [0.5, 0.6) is 0 Å². The summed E-state index contributed by atoms with van der Waals surface area (Å²) in [6, 6.07) is 15.2. The van der Waals surface area contributed by atoms with Gasteiger partial charge < -0.3 is 5.32 Å². The summed E-state index contributed by atoms with van der Waals surface area (Å²) < 4.78 is 0. The first-order chi connectivity index (χ1) is 10.6. The summed E-state index contributed by atoms with van der Waals surface area (Å²) in [7, 11) is 0. The van der Waals surface area contributed by atoms with E-state index in [9.17, 15) is 0 Å². The van der Waals surface area contributed by atoms with Crippen LogP contribution in [0.15, 0.2) is 79.5 Å². The quantitative estimate of drug-likeness (QED) is 0.715. The molecule has 110 valence electrons. The molecule has 0 amide bonds. The van der Waals surface area contributed by atoms with Crippen molar-refractivity contribution in [2.75, 3.05) is 5.32 Å². The Morgan fingerprint density at radius 3 is 2.45 bits per heavy atom. The number of rotatable bonds is 4. The zero-order valence-electron chi connectivity index (χ0n) is 13.2. The van der Waals surface area contributed by atoms with Crippen LogP contribution in [0.4, 0.5) is 5.69 Å². The Morgan fingerprint density at radius 1 is 1.00 bits per heavy atom. The van der Waals surface area contributed by atoms with Gasteiger partial charge in [0.2, 0.25) is 0 Å². The van der Waals surface area contributed by atoms with Gasteiger partial charge in [0.05, 0.1) is 0 Å². The first-order valence-corrected chi connectivity index (χ1v) is 7.54. The van der Waals surface area contributed by atoms with E-state index >= 15 is 0 Å². The van der Waals surface area contributed by atoms with Gasteiger partial charge in [0, 0.05) is 16.8 Å². The average molecular weight is 287 g/mol. The van der Waals surface area contributed by atoms with Crippen LogP contribution in [-0.4, -0.2) is 0 Å². The molecule has 1 nitrogen and oxygen atoms in total. The van der Waals surface area contributed by atoms with Gasteiger partial charge in [-0.2, -0.15) is 0 Å². The van der Waals surface area contributed by atoms with Crippen LogP contribution in [0.25, 0.3) is 11.1 Å². The summed E-state index contributed by atoms with van der Waals surface area (Å²) in [5.74, 6) is 0. The Hall–Kier alpha value is -2.54. The van der Waals surface area contributed by atoms with Crippen LogP contribution in [0, 0.1) is 0 Å². The molecular weight excluding hydrogens is 266 g/mol. The maximum Gasteiger partial charge on any atom is 0.0387 e. The molecule has 1 N–H and O–H groups in total. The zero-order valence-corrected chi connectivity index (χ0v) is 13.2. The van der Waals surface area contributed by atoms with Crippen molar-refractivity contribution in [2.45, 2.75) is 19.3 Å². The second kappa shape index (κ2) is 5.34. The van der Waals surface area contributed by atoms with Gasteiger partial charge in [0.15, 0.2) is 0 Å². The molecule has 0 unspecified atom stereocenters. The molecule has 1 heteroatoms. The monoisotopic (exact) mass is 287 g/mol. The fourth-order valence-corrected chi connectivity index (χ4v) is 3.24. The molecule has 0 heterocycles. The minimum absolute atomic E-state index is 0.0279. The SMILES string of the molecule is C=C/C=C(\C=C)Nc1ccc2c(c1)C(C)(C)c1ccccc1-2.